The standard InChI is InChI=1S/C22H19Cl2N7O/c1-30-9-3-4-12-7-8-13(10-17(12)30)27-21-26-11-14-19(25)31(22(32)29-20(14)28-21)18-15(23)5-2-6-16(18)24/h2,5-8,10-11H,3-4,9,25H2,1H3,(H,27,28,29,32). The lowest BCUT2D eigenvalue weighted by molar-refractivity contribution is 0.745. The molecule has 0 saturated heterocycles. The van der Waals surface area contributed by atoms with Crippen LogP contribution in [0.2, 0.25) is 10.0 Å². The van der Waals surface area contributed by atoms with E-state index in [0.29, 0.717) is 11.3 Å². The molecular weight excluding hydrogens is 449 g/mol. The number of hydrogen-bond donors (Lipinski definition) is 2. The largest absolute Gasteiger partial charge is 0.384 e. The molecule has 10 heteroatoms. The van der Waals surface area contributed by atoms with Crippen LogP contribution in [0.25, 0.3) is 16.7 Å². The zero-order valence-electron chi connectivity index (χ0n) is 17.1. The number of aromatic nitrogens is 4. The number of rotatable bonds is 3. The van der Waals surface area contributed by atoms with Crippen LogP contribution < -0.4 is 21.6 Å². The molecule has 0 fully saturated rings. The number of hydrogen-bond acceptors (Lipinski definition) is 7. The summed E-state index contributed by atoms with van der Waals surface area (Å²) in [5.74, 6) is 0.424. The van der Waals surface area contributed by atoms with Gasteiger partial charge in [-0.3, -0.25) is 0 Å². The third-order valence-corrected chi connectivity index (χ3v) is 6.14. The zero-order chi connectivity index (χ0) is 22.4. The average Bonchev–Trinajstić information content (AvgIpc) is 2.76. The maximum atomic E-state index is 12.8. The van der Waals surface area contributed by atoms with E-state index in [1.165, 1.54) is 22.0 Å². The molecule has 0 amide bonds. The summed E-state index contributed by atoms with van der Waals surface area (Å²) in [6.07, 6.45) is 3.74. The van der Waals surface area contributed by atoms with E-state index in [1.807, 2.05) is 6.07 Å². The second-order valence-corrected chi connectivity index (χ2v) is 8.42. The molecule has 162 valence electrons. The molecule has 3 N–H and O–H groups in total. The molecule has 1 aliphatic heterocycles. The summed E-state index contributed by atoms with van der Waals surface area (Å²) >= 11 is 12.5. The van der Waals surface area contributed by atoms with Gasteiger partial charge >= 0.3 is 5.69 Å². The van der Waals surface area contributed by atoms with Crippen molar-refractivity contribution in [3.05, 3.63) is 68.7 Å². The predicted molar refractivity (Wildman–Crippen MR) is 129 cm³/mol. The Morgan fingerprint density at radius 1 is 1.12 bits per heavy atom. The molecule has 3 heterocycles. The van der Waals surface area contributed by atoms with Gasteiger partial charge in [0.15, 0.2) is 5.65 Å². The number of benzene rings is 2. The van der Waals surface area contributed by atoms with E-state index in [2.05, 4.69) is 44.3 Å². The first-order valence-electron chi connectivity index (χ1n) is 10.0. The predicted octanol–water partition coefficient (Wildman–Crippen LogP) is 4.19. The van der Waals surface area contributed by atoms with Crippen molar-refractivity contribution in [2.45, 2.75) is 12.8 Å². The van der Waals surface area contributed by atoms with Gasteiger partial charge in [-0.2, -0.15) is 9.97 Å². The van der Waals surface area contributed by atoms with Gasteiger partial charge < -0.3 is 16.0 Å². The van der Waals surface area contributed by atoms with Crippen molar-refractivity contribution in [1.29, 1.82) is 0 Å². The SMILES string of the molecule is CN1CCCc2ccc(Nc3ncc4c(N)n(-c5c(Cl)cccc5Cl)c(=O)nc4n3)cc21. The highest BCUT2D eigenvalue weighted by Crippen LogP contribution is 2.32. The Bertz CT molecular complexity index is 1400. The Morgan fingerprint density at radius 3 is 2.69 bits per heavy atom. The van der Waals surface area contributed by atoms with E-state index in [-0.39, 0.29) is 27.2 Å². The molecule has 0 spiro atoms. The number of nitrogen functional groups attached to an aromatic ring is 1. The number of anilines is 4. The fourth-order valence-electron chi connectivity index (χ4n) is 3.95. The molecule has 4 aromatic rings. The van der Waals surface area contributed by atoms with Gasteiger partial charge in [-0.1, -0.05) is 35.3 Å². The Labute approximate surface area is 193 Å². The van der Waals surface area contributed by atoms with Crippen LogP contribution in [-0.4, -0.2) is 33.1 Å². The van der Waals surface area contributed by atoms with Gasteiger partial charge in [0.05, 0.1) is 21.1 Å². The number of nitrogens with two attached hydrogens (primary N) is 1. The minimum Gasteiger partial charge on any atom is -0.384 e. The molecule has 8 nitrogen and oxygen atoms in total. The second kappa shape index (κ2) is 7.96. The highest BCUT2D eigenvalue weighted by molar-refractivity contribution is 6.37. The van der Waals surface area contributed by atoms with E-state index in [4.69, 9.17) is 28.9 Å². The van der Waals surface area contributed by atoms with E-state index in [9.17, 15) is 4.79 Å². The van der Waals surface area contributed by atoms with Crippen molar-refractivity contribution < 1.29 is 0 Å². The molecule has 0 unspecified atom stereocenters. The lowest BCUT2D eigenvalue weighted by atomic mass is 10.0. The van der Waals surface area contributed by atoms with E-state index < -0.39 is 5.69 Å². The summed E-state index contributed by atoms with van der Waals surface area (Å²) in [5.41, 5.74) is 9.45. The van der Waals surface area contributed by atoms with Crippen molar-refractivity contribution in [2.75, 3.05) is 29.5 Å². The fourth-order valence-corrected chi connectivity index (χ4v) is 4.51. The lowest BCUT2D eigenvalue weighted by Crippen LogP contribution is -2.25. The van der Waals surface area contributed by atoms with Crippen LogP contribution in [0.1, 0.15) is 12.0 Å². The molecule has 5 rings (SSSR count). The third-order valence-electron chi connectivity index (χ3n) is 5.53. The monoisotopic (exact) mass is 467 g/mol. The van der Waals surface area contributed by atoms with Crippen LogP contribution >= 0.6 is 23.2 Å². The van der Waals surface area contributed by atoms with Gasteiger partial charge in [-0.25, -0.2) is 14.3 Å². The van der Waals surface area contributed by atoms with E-state index in [0.717, 1.165) is 25.1 Å². The topological polar surface area (TPSA) is 102 Å². The van der Waals surface area contributed by atoms with Crippen molar-refractivity contribution in [1.82, 2.24) is 19.5 Å². The first kappa shape index (κ1) is 20.5. The van der Waals surface area contributed by atoms with Gasteiger partial charge in [-0.15, -0.1) is 0 Å². The summed E-state index contributed by atoms with van der Waals surface area (Å²) in [7, 11) is 2.08. The van der Waals surface area contributed by atoms with Crippen LogP contribution in [-0.2, 0) is 6.42 Å². The molecule has 2 aromatic heterocycles. The molecule has 0 atom stereocenters. The summed E-state index contributed by atoms with van der Waals surface area (Å²) in [4.78, 5) is 27.9. The second-order valence-electron chi connectivity index (χ2n) is 7.61. The molecular formula is C22H19Cl2N7O. The Morgan fingerprint density at radius 2 is 1.91 bits per heavy atom. The molecule has 0 saturated carbocycles. The minimum absolute atomic E-state index is 0.108. The normalized spacial score (nSPS) is 13.3. The fraction of sp³-hybridized carbons (Fsp3) is 0.182. The minimum atomic E-state index is -0.634. The Kier molecular flexibility index (Phi) is 5.11. The molecule has 0 bridgehead atoms. The first-order chi connectivity index (χ1) is 15.4. The number of nitrogens with one attached hydrogen (secondary N) is 1. The van der Waals surface area contributed by atoms with Gasteiger partial charge in [0.1, 0.15) is 5.82 Å². The van der Waals surface area contributed by atoms with Crippen LogP contribution in [0.5, 0.6) is 0 Å². The number of nitrogens with zero attached hydrogens (tertiary/aromatic N) is 5. The highest BCUT2D eigenvalue weighted by atomic mass is 35.5. The maximum absolute atomic E-state index is 12.8. The zero-order valence-corrected chi connectivity index (χ0v) is 18.7. The molecule has 0 radical (unpaired) electrons. The number of aryl methyl sites for hydroxylation is 1. The number of halogens is 2. The quantitative estimate of drug-likeness (QED) is 0.465. The van der Waals surface area contributed by atoms with Gasteiger partial charge in [0, 0.05) is 31.2 Å². The summed E-state index contributed by atoms with van der Waals surface area (Å²) in [6, 6.07) is 11.1. The van der Waals surface area contributed by atoms with E-state index >= 15 is 0 Å². The maximum Gasteiger partial charge on any atom is 0.355 e. The molecule has 2 aromatic carbocycles. The highest BCUT2D eigenvalue weighted by Gasteiger charge is 2.18. The van der Waals surface area contributed by atoms with Crippen molar-refractivity contribution >= 4 is 57.4 Å². The first-order valence-corrected chi connectivity index (χ1v) is 10.8. The molecule has 1 aliphatic rings. The van der Waals surface area contributed by atoms with Crippen molar-refractivity contribution in [3.63, 3.8) is 0 Å². The van der Waals surface area contributed by atoms with Gasteiger partial charge in [0.2, 0.25) is 5.95 Å². The van der Waals surface area contributed by atoms with Crippen LogP contribution in [0.4, 0.5) is 23.1 Å². The number of para-hydroxylation sites is 1. The van der Waals surface area contributed by atoms with Gasteiger partial charge in [-0.05, 0) is 42.7 Å². The molecule has 32 heavy (non-hydrogen) atoms. The van der Waals surface area contributed by atoms with Crippen molar-refractivity contribution in [3.8, 4) is 5.69 Å². The van der Waals surface area contributed by atoms with Crippen molar-refractivity contribution in [2.24, 2.45) is 0 Å². The molecule has 0 aliphatic carbocycles. The lowest BCUT2D eigenvalue weighted by Gasteiger charge is -2.28. The summed E-state index contributed by atoms with van der Waals surface area (Å²) in [5, 5.41) is 4.17. The van der Waals surface area contributed by atoms with Crippen LogP contribution in [0.15, 0.2) is 47.4 Å². The summed E-state index contributed by atoms with van der Waals surface area (Å²) in [6.45, 7) is 1.02. The number of fused-ring (bicyclic) bond motifs is 2. The average molecular weight is 468 g/mol. The van der Waals surface area contributed by atoms with Crippen LogP contribution in [0, 0.1) is 0 Å². The Balaban J connectivity index is 1.55. The Hall–Kier alpha value is -3.36. The summed E-state index contributed by atoms with van der Waals surface area (Å²) < 4.78 is 1.17. The van der Waals surface area contributed by atoms with E-state index in [1.54, 1.807) is 18.2 Å². The third kappa shape index (κ3) is 3.51. The van der Waals surface area contributed by atoms with Gasteiger partial charge in [0.25, 0.3) is 0 Å². The smallest absolute Gasteiger partial charge is 0.355 e. The van der Waals surface area contributed by atoms with Crippen LogP contribution in [0.3, 0.4) is 0 Å².